The van der Waals surface area contributed by atoms with Crippen LogP contribution in [0.1, 0.15) is 12.5 Å². The highest BCUT2D eigenvalue weighted by atomic mass is 35.5. The van der Waals surface area contributed by atoms with Crippen molar-refractivity contribution in [2.45, 2.75) is 13.5 Å². The molecule has 0 saturated heterocycles. The SMILES string of the molecule is CCN(CC(=O)Nc1c(Cl)cccc1Cl)C(=O)/C=C/c1ccc(OC(F)F)c(OC)c1. The summed E-state index contributed by atoms with van der Waals surface area (Å²) in [5.74, 6) is -0.909. The van der Waals surface area contributed by atoms with E-state index in [9.17, 15) is 18.4 Å². The van der Waals surface area contributed by atoms with Crippen LogP contribution >= 0.6 is 23.2 Å². The lowest BCUT2D eigenvalue weighted by atomic mass is 10.2. The Morgan fingerprint density at radius 2 is 1.84 bits per heavy atom. The topological polar surface area (TPSA) is 67.9 Å². The minimum absolute atomic E-state index is 0.0956. The molecule has 0 spiro atoms. The number of carbonyl (C=O) groups excluding carboxylic acids is 2. The standard InChI is InChI=1S/C21H20Cl2F2N2O4/c1-3-27(12-18(28)26-20-14(22)5-4-6-15(20)23)19(29)10-8-13-7-9-16(31-21(24)25)17(11-13)30-2/h4-11,21H,3,12H2,1-2H3,(H,26,28)/b10-8+. The summed E-state index contributed by atoms with van der Waals surface area (Å²) < 4.78 is 34.2. The predicted molar refractivity (Wildman–Crippen MR) is 116 cm³/mol. The number of halogens is 4. The number of ether oxygens (including phenoxy) is 2. The van der Waals surface area contributed by atoms with Crippen molar-refractivity contribution >= 4 is 46.8 Å². The molecule has 10 heteroatoms. The number of anilines is 1. The molecule has 31 heavy (non-hydrogen) atoms. The van der Waals surface area contributed by atoms with Crippen molar-refractivity contribution in [1.82, 2.24) is 4.90 Å². The third-order valence-electron chi connectivity index (χ3n) is 4.08. The first kappa shape index (κ1) is 24.4. The largest absolute Gasteiger partial charge is 0.493 e. The van der Waals surface area contributed by atoms with Crippen molar-refractivity contribution in [3.8, 4) is 11.5 Å². The fourth-order valence-corrected chi connectivity index (χ4v) is 3.06. The van der Waals surface area contributed by atoms with Gasteiger partial charge < -0.3 is 19.7 Å². The minimum Gasteiger partial charge on any atom is -0.493 e. The molecule has 0 atom stereocenters. The molecule has 166 valence electrons. The Bertz CT molecular complexity index is 950. The molecule has 0 aromatic heterocycles. The molecule has 0 heterocycles. The Kier molecular flexibility index (Phi) is 9.08. The number of nitrogens with zero attached hydrogens (tertiary/aromatic N) is 1. The lowest BCUT2D eigenvalue weighted by molar-refractivity contribution is -0.130. The molecule has 6 nitrogen and oxygen atoms in total. The number of benzene rings is 2. The first-order chi connectivity index (χ1) is 14.7. The second-order valence-electron chi connectivity index (χ2n) is 6.12. The average molecular weight is 473 g/mol. The van der Waals surface area contributed by atoms with Gasteiger partial charge in [0, 0.05) is 12.6 Å². The van der Waals surface area contributed by atoms with Gasteiger partial charge in [-0.15, -0.1) is 0 Å². The zero-order valence-corrected chi connectivity index (χ0v) is 18.2. The van der Waals surface area contributed by atoms with Crippen molar-refractivity contribution in [1.29, 1.82) is 0 Å². The van der Waals surface area contributed by atoms with Crippen LogP contribution < -0.4 is 14.8 Å². The van der Waals surface area contributed by atoms with Crippen molar-refractivity contribution < 1.29 is 27.8 Å². The maximum Gasteiger partial charge on any atom is 0.387 e. The minimum atomic E-state index is -2.98. The molecule has 0 fully saturated rings. The van der Waals surface area contributed by atoms with E-state index in [0.717, 1.165) is 0 Å². The van der Waals surface area contributed by atoms with Crippen LogP contribution in [-0.2, 0) is 9.59 Å². The van der Waals surface area contributed by atoms with Gasteiger partial charge >= 0.3 is 6.61 Å². The number of para-hydroxylation sites is 1. The molecule has 0 aliphatic carbocycles. The Balaban J connectivity index is 2.05. The summed E-state index contributed by atoms with van der Waals surface area (Å²) in [4.78, 5) is 26.1. The van der Waals surface area contributed by atoms with Gasteiger partial charge in [0.05, 0.1) is 22.8 Å². The fourth-order valence-electron chi connectivity index (χ4n) is 2.57. The third-order valence-corrected chi connectivity index (χ3v) is 4.71. The fraction of sp³-hybridized carbons (Fsp3) is 0.238. The second-order valence-corrected chi connectivity index (χ2v) is 6.93. The van der Waals surface area contributed by atoms with Crippen LogP contribution in [0.25, 0.3) is 6.08 Å². The summed E-state index contributed by atoms with van der Waals surface area (Å²) >= 11 is 12.1. The summed E-state index contributed by atoms with van der Waals surface area (Å²) in [7, 11) is 1.31. The molecule has 0 radical (unpaired) electrons. The summed E-state index contributed by atoms with van der Waals surface area (Å²) in [5, 5.41) is 3.16. The van der Waals surface area contributed by atoms with E-state index in [2.05, 4.69) is 10.1 Å². The highest BCUT2D eigenvalue weighted by Crippen LogP contribution is 2.30. The Morgan fingerprint density at radius 3 is 2.42 bits per heavy atom. The second kappa shape index (κ2) is 11.5. The van der Waals surface area contributed by atoms with Gasteiger partial charge in [-0.1, -0.05) is 35.3 Å². The molecule has 1 N–H and O–H groups in total. The maximum atomic E-state index is 12.5. The number of carbonyl (C=O) groups is 2. The van der Waals surface area contributed by atoms with E-state index in [0.29, 0.717) is 5.56 Å². The van der Waals surface area contributed by atoms with E-state index >= 15 is 0 Å². The monoisotopic (exact) mass is 472 g/mol. The average Bonchev–Trinajstić information content (AvgIpc) is 2.73. The summed E-state index contributed by atoms with van der Waals surface area (Å²) in [6, 6.07) is 9.07. The lowest BCUT2D eigenvalue weighted by Crippen LogP contribution is -2.37. The zero-order chi connectivity index (χ0) is 23.0. The summed E-state index contributed by atoms with van der Waals surface area (Å²) in [6.07, 6.45) is 2.74. The number of hydrogen-bond donors (Lipinski definition) is 1. The number of likely N-dealkylation sites (N-methyl/N-ethyl adjacent to an activating group) is 1. The molecule has 2 aromatic rings. The van der Waals surface area contributed by atoms with Crippen molar-refractivity contribution in [2.24, 2.45) is 0 Å². The number of rotatable bonds is 9. The van der Waals surface area contributed by atoms with E-state index in [4.69, 9.17) is 27.9 Å². The van der Waals surface area contributed by atoms with E-state index < -0.39 is 18.4 Å². The molecular weight excluding hydrogens is 453 g/mol. The number of methoxy groups -OCH3 is 1. The third kappa shape index (κ3) is 7.11. The first-order valence-corrected chi connectivity index (χ1v) is 9.84. The molecular formula is C21H20Cl2F2N2O4. The van der Waals surface area contributed by atoms with Crippen LogP contribution in [-0.4, -0.2) is 43.5 Å². The Morgan fingerprint density at radius 1 is 1.16 bits per heavy atom. The first-order valence-electron chi connectivity index (χ1n) is 9.08. The number of hydrogen-bond acceptors (Lipinski definition) is 4. The van der Waals surface area contributed by atoms with Crippen LogP contribution in [0.3, 0.4) is 0 Å². The smallest absolute Gasteiger partial charge is 0.387 e. The van der Waals surface area contributed by atoms with Crippen LogP contribution in [0.15, 0.2) is 42.5 Å². The molecule has 0 aliphatic heterocycles. The van der Waals surface area contributed by atoms with Crippen LogP contribution in [0.2, 0.25) is 10.0 Å². The van der Waals surface area contributed by atoms with Crippen molar-refractivity contribution in [2.75, 3.05) is 25.5 Å². The quantitative estimate of drug-likeness (QED) is 0.515. The van der Waals surface area contributed by atoms with Crippen molar-refractivity contribution in [3.05, 3.63) is 58.1 Å². The van der Waals surface area contributed by atoms with Gasteiger partial charge in [0.25, 0.3) is 0 Å². The number of amides is 2. The zero-order valence-electron chi connectivity index (χ0n) is 16.7. The van der Waals surface area contributed by atoms with E-state index in [-0.39, 0.29) is 40.3 Å². The maximum absolute atomic E-state index is 12.5. The van der Waals surface area contributed by atoms with Crippen LogP contribution in [0.4, 0.5) is 14.5 Å². The van der Waals surface area contributed by atoms with Gasteiger partial charge in [-0.05, 0) is 42.8 Å². The van der Waals surface area contributed by atoms with Gasteiger partial charge in [-0.3, -0.25) is 9.59 Å². The molecule has 0 saturated carbocycles. The molecule has 2 aromatic carbocycles. The van der Waals surface area contributed by atoms with E-state index in [1.165, 1.54) is 42.4 Å². The molecule has 2 rings (SSSR count). The molecule has 2 amide bonds. The normalized spacial score (nSPS) is 10.9. The number of alkyl halides is 2. The molecule has 0 bridgehead atoms. The Hall–Kier alpha value is -2.84. The Labute approximate surface area is 188 Å². The van der Waals surface area contributed by atoms with Crippen LogP contribution in [0, 0.1) is 0 Å². The highest BCUT2D eigenvalue weighted by molar-refractivity contribution is 6.39. The van der Waals surface area contributed by atoms with Gasteiger partial charge in [0.2, 0.25) is 11.8 Å². The summed E-state index contributed by atoms with van der Waals surface area (Å²) in [6.45, 7) is -1.20. The lowest BCUT2D eigenvalue weighted by Gasteiger charge is -2.19. The van der Waals surface area contributed by atoms with E-state index in [1.807, 2.05) is 0 Å². The van der Waals surface area contributed by atoms with Gasteiger partial charge in [0.15, 0.2) is 11.5 Å². The summed E-state index contributed by atoms with van der Waals surface area (Å²) in [5.41, 5.74) is 0.795. The van der Waals surface area contributed by atoms with Crippen LogP contribution in [0.5, 0.6) is 11.5 Å². The van der Waals surface area contributed by atoms with Crippen molar-refractivity contribution in [3.63, 3.8) is 0 Å². The van der Waals surface area contributed by atoms with Gasteiger partial charge in [-0.25, -0.2) is 0 Å². The van der Waals surface area contributed by atoms with E-state index in [1.54, 1.807) is 25.1 Å². The molecule has 0 unspecified atom stereocenters. The highest BCUT2D eigenvalue weighted by Gasteiger charge is 2.16. The molecule has 0 aliphatic rings. The van der Waals surface area contributed by atoms with Gasteiger partial charge in [-0.2, -0.15) is 8.78 Å². The predicted octanol–water partition coefficient (Wildman–Crippen LogP) is 5.10. The number of nitrogens with one attached hydrogen (secondary N) is 1. The van der Waals surface area contributed by atoms with Gasteiger partial charge in [0.1, 0.15) is 6.54 Å².